The van der Waals surface area contributed by atoms with Crippen molar-refractivity contribution in [1.29, 1.82) is 0 Å². The predicted molar refractivity (Wildman–Crippen MR) is 66.1 cm³/mol. The number of thiocarbonyl (C=S) groups is 1. The summed E-state index contributed by atoms with van der Waals surface area (Å²) < 4.78 is 6.61. The van der Waals surface area contributed by atoms with E-state index in [1.807, 2.05) is 36.7 Å². The Labute approximate surface area is 100 Å². The zero-order chi connectivity index (χ0) is 12.3. The van der Waals surface area contributed by atoms with Gasteiger partial charge in [-0.25, -0.2) is 0 Å². The molecule has 0 amide bonds. The first-order valence-electron chi connectivity index (χ1n) is 4.92. The standard InChI is InChI=1S/C11H16N2O2S/c1-11(2,10(14)15-3)7-13-6-4-5-8(13)9(12)16/h4-6H,7H2,1-3H3,(H2,12,16). The lowest BCUT2D eigenvalue weighted by Crippen LogP contribution is -2.32. The van der Waals surface area contributed by atoms with Gasteiger partial charge >= 0.3 is 5.97 Å². The zero-order valence-electron chi connectivity index (χ0n) is 9.69. The summed E-state index contributed by atoms with van der Waals surface area (Å²) >= 11 is 4.93. The first kappa shape index (κ1) is 12.7. The van der Waals surface area contributed by atoms with Crippen molar-refractivity contribution in [3.05, 3.63) is 24.0 Å². The Morgan fingerprint density at radius 1 is 1.62 bits per heavy atom. The van der Waals surface area contributed by atoms with Crippen molar-refractivity contribution in [2.24, 2.45) is 11.1 Å². The van der Waals surface area contributed by atoms with Crippen LogP contribution in [0.3, 0.4) is 0 Å². The van der Waals surface area contributed by atoms with E-state index in [1.165, 1.54) is 7.11 Å². The molecule has 0 aliphatic rings. The molecular formula is C11H16N2O2S. The summed E-state index contributed by atoms with van der Waals surface area (Å²) in [4.78, 5) is 11.9. The molecule has 2 N–H and O–H groups in total. The van der Waals surface area contributed by atoms with Crippen LogP contribution in [0.4, 0.5) is 0 Å². The lowest BCUT2D eigenvalue weighted by Gasteiger charge is -2.23. The zero-order valence-corrected chi connectivity index (χ0v) is 10.5. The van der Waals surface area contributed by atoms with Gasteiger partial charge in [-0.3, -0.25) is 4.79 Å². The Morgan fingerprint density at radius 2 is 2.25 bits per heavy atom. The van der Waals surface area contributed by atoms with Crippen molar-refractivity contribution >= 4 is 23.2 Å². The van der Waals surface area contributed by atoms with Crippen LogP contribution in [0.1, 0.15) is 19.5 Å². The van der Waals surface area contributed by atoms with Gasteiger partial charge < -0.3 is 15.0 Å². The Balaban J connectivity index is 2.92. The third-order valence-electron chi connectivity index (χ3n) is 2.39. The summed E-state index contributed by atoms with van der Waals surface area (Å²) in [6, 6.07) is 3.68. The van der Waals surface area contributed by atoms with E-state index in [0.29, 0.717) is 11.5 Å². The Hall–Kier alpha value is -1.36. The monoisotopic (exact) mass is 240 g/mol. The highest BCUT2D eigenvalue weighted by Crippen LogP contribution is 2.21. The molecular weight excluding hydrogens is 224 g/mol. The molecule has 0 radical (unpaired) electrons. The number of ether oxygens (including phenoxy) is 1. The first-order chi connectivity index (χ1) is 7.38. The van der Waals surface area contributed by atoms with Gasteiger partial charge in [0.25, 0.3) is 0 Å². The van der Waals surface area contributed by atoms with Crippen LogP contribution < -0.4 is 5.73 Å². The summed E-state index contributed by atoms with van der Waals surface area (Å²) in [7, 11) is 1.38. The molecule has 5 heteroatoms. The molecule has 0 atom stereocenters. The summed E-state index contributed by atoms with van der Waals surface area (Å²) in [5, 5.41) is 0. The second kappa shape index (κ2) is 4.65. The smallest absolute Gasteiger partial charge is 0.313 e. The highest BCUT2D eigenvalue weighted by atomic mass is 32.1. The minimum Gasteiger partial charge on any atom is -0.469 e. The first-order valence-corrected chi connectivity index (χ1v) is 5.32. The quantitative estimate of drug-likeness (QED) is 0.637. The molecule has 0 unspecified atom stereocenters. The third-order valence-corrected chi connectivity index (χ3v) is 2.59. The van der Waals surface area contributed by atoms with Gasteiger partial charge in [0.1, 0.15) is 4.99 Å². The van der Waals surface area contributed by atoms with Crippen molar-refractivity contribution in [1.82, 2.24) is 4.57 Å². The predicted octanol–water partition coefficient (Wildman–Crippen LogP) is 1.32. The SMILES string of the molecule is COC(=O)C(C)(C)Cn1cccc1C(N)=S. The van der Waals surface area contributed by atoms with E-state index in [2.05, 4.69) is 0 Å². The van der Waals surface area contributed by atoms with Crippen molar-refractivity contribution in [3.8, 4) is 0 Å². The van der Waals surface area contributed by atoms with Gasteiger partial charge in [0.15, 0.2) is 0 Å². The molecule has 1 aromatic heterocycles. The van der Waals surface area contributed by atoms with E-state index in [4.69, 9.17) is 22.7 Å². The van der Waals surface area contributed by atoms with Gasteiger partial charge in [-0.1, -0.05) is 12.2 Å². The van der Waals surface area contributed by atoms with Gasteiger partial charge in [0, 0.05) is 12.7 Å². The number of methoxy groups -OCH3 is 1. The Morgan fingerprint density at radius 3 is 2.75 bits per heavy atom. The van der Waals surface area contributed by atoms with Gasteiger partial charge in [-0.05, 0) is 26.0 Å². The molecule has 4 nitrogen and oxygen atoms in total. The molecule has 0 aromatic carbocycles. The molecule has 0 aliphatic heterocycles. The van der Waals surface area contributed by atoms with Crippen LogP contribution >= 0.6 is 12.2 Å². The van der Waals surface area contributed by atoms with Gasteiger partial charge in [-0.15, -0.1) is 0 Å². The average Bonchev–Trinajstić information content (AvgIpc) is 2.63. The highest BCUT2D eigenvalue weighted by molar-refractivity contribution is 7.80. The van der Waals surface area contributed by atoms with Crippen molar-refractivity contribution in [3.63, 3.8) is 0 Å². The number of nitrogens with two attached hydrogens (primary N) is 1. The van der Waals surface area contributed by atoms with E-state index >= 15 is 0 Å². The van der Waals surface area contributed by atoms with Crippen LogP contribution in [-0.2, 0) is 16.1 Å². The molecule has 1 aromatic rings. The summed E-state index contributed by atoms with van der Waals surface area (Å²) in [6.07, 6.45) is 1.85. The fourth-order valence-electron chi connectivity index (χ4n) is 1.54. The average molecular weight is 240 g/mol. The fourth-order valence-corrected chi connectivity index (χ4v) is 1.73. The number of aromatic nitrogens is 1. The number of carbonyl (C=O) groups is 1. The summed E-state index contributed by atoms with van der Waals surface area (Å²) in [5.41, 5.74) is 5.73. The van der Waals surface area contributed by atoms with Gasteiger partial charge in [0.2, 0.25) is 0 Å². The molecule has 0 bridgehead atoms. The number of nitrogens with zero attached hydrogens (tertiary/aromatic N) is 1. The molecule has 1 rings (SSSR count). The lowest BCUT2D eigenvalue weighted by atomic mass is 9.93. The van der Waals surface area contributed by atoms with Crippen LogP contribution in [0, 0.1) is 5.41 Å². The van der Waals surface area contributed by atoms with E-state index in [1.54, 1.807) is 0 Å². The van der Waals surface area contributed by atoms with Crippen molar-refractivity contribution in [2.45, 2.75) is 20.4 Å². The van der Waals surface area contributed by atoms with Crippen LogP contribution in [0.25, 0.3) is 0 Å². The number of hydrogen-bond donors (Lipinski definition) is 1. The Kier molecular flexibility index (Phi) is 3.70. The summed E-state index contributed by atoms with van der Waals surface area (Å²) in [6.45, 7) is 4.13. The molecule has 1 heterocycles. The summed E-state index contributed by atoms with van der Waals surface area (Å²) in [5.74, 6) is -0.255. The topological polar surface area (TPSA) is 57.2 Å². The fraction of sp³-hybridized carbons (Fsp3) is 0.455. The van der Waals surface area contributed by atoms with E-state index < -0.39 is 5.41 Å². The van der Waals surface area contributed by atoms with Crippen molar-refractivity contribution < 1.29 is 9.53 Å². The molecule has 88 valence electrons. The second-order valence-electron chi connectivity index (χ2n) is 4.26. The minimum absolute atomic E-state index is 0.255. The molecule has 0 spiro atoms. The highest BCUT2D eigenvalue weighted by Gasteiger charge is 2.29. The number of hydrogen-bond acceptors (Lipinski definition) is 3. The van der Waals surface area contributed by atoms with Gasteiger partial charge in [0.05, 0.1) is 18.2 Å². The van der Waals surface area contributed by atoms with Crippen LogP contribution in [0.2, 0.25) is 0 Å². The maximum Gasteiger partial charge on any atom is 0.313 e. The third kappa shape index (κ3) is 2.61. The molecule has 0 saturated heterocycles. The number of esters is 1. The second-order valence-corrected chi connectivity index (χ2v) is 4.70. The maximum atomic E-state index is 11.5. The van der Waals surface area contributed by atoms with E-state index in [-0.39, 0.29) is 5.97 Å². The molecule has 0 fully saturated rings. The van der Waals surface area contributed by atoms with Crippen LogP contribution in [0.15, 0.2) is 18.3 Å². The molecule has 0 aliphatic carbocycles. The van der Waals surface area contributed by atoms with Crippen LogP contribution in [-0.4, -0.2) is 22.6 Å². The van der Waals surface area contributed by atoms with Crippen LogP contribution in [0.5, 0.6) is 0 Å². The lowest BCUT2D eigenvalue weighted by molar-refractivity contribution is -0.151. The Bertz CT molecular complexity index is 410. The van der Waals surface area contributed by atoms with E-state index in [9.17, 15) is 4.79 Å². The van der Waals surface area contributed by atoms with E-state index in [0.717, 1.165) is 5.69 Å². The maximum absolute atomic E-state index is 11.5. The number of carbonyl (C=O) groups excluding carboxylic acids is 1. The largest absolute Gasteiger partial charge is 0.469 e. The normalized spacial score (nSPS) is 11.2. The number of rotatable bonds is 4. The van der Waals surface area contributed by atoms with Crippen molar-refractivity contribution in [2.75, 3.05) is 7.11 Å². The minimum atomic E-state index is -0.604. The molecule has 16 heavy (non-hydrogen) atoms. The van der Waals surface area contributed by atoms with Gasteiger partial charge in [-0.2, -0.15) is 0 Å². The molecule has 0 saturated carbocycles.